The van der Waals surface area contributed by atoms with Crippen LogP contribution in [0.5, 0.6) is 5.75 Å². The molecule has 1 heterocycles. The van der Waals surface area contributed by atoms with E-state index in [0.29, 0.717) is 12.4 Å². The van der Waals surface area contributed by atoms with Crippen molar-refractivity contribution in [3.8, 4) is 5.75 Å². The molecule has 0 atom stereocenters. The summed E-state index contributed by atoms with van der Waals surface area (Å²) in [5.41, 5.74) is 0.249. The van der Waals surface area contributed by atoms with Crippen molar-refractivity contribution in [3.63, 3.8) is 0 Å². The highest BCUT2D eigenvalue weighted by Crippen LogP contribution is 2.13. The van der Waals surface area contributed by atoms with E-state index in [9.17, 15) is 4.79 Å². The number of likely N-dealkylation sites (N-methyl/N-ethyl adjacent to an activating group) is 1. The molecule has 4 nitrogen and oxygen atoms in total. The molecule has 0 saturated carbocycles. The Morgan fingerprint density at radius 3 is 2.86 bits per heavy atom. The first-order valence-corrected chi connectivity index (χ1v) is 7.70. The van der Waals surface area contributed by atoms with Crippen molar-refractivity contribution in [1.82, 2.24) is 4.90 Å². The number of benzene rings is 1. The molecule has 2 aromatic rings. The van der Waals surface area contributed by atoms with E-state index in [1.54, 1.807) is 35.6 Å². The fourth-order valence-electron chi connectivity index (χ4n) is 1.91. The number of aromatic carboxylic acids is 1. The molecule has 2 rings (SSSR count). The Bertz CT molecular complexity index is 569. The van der Waals surface area contributed by atoms with Gasteiger partial charge in [-0.05, 0) is 43.1 Å². The minimum atomic E-state index is -0.937. The third-order valence-electron chi connectivity index (χ3n) is 3.14. The van der Waals surface area contributed by atoms with E-state index in [1.165, 1.54) is 4.88 Å². The number of rotatable bonds is 8. The summed E-state index contributed by atoms with van der Waals surface area (Å²) in [5.74, 6) is -0.338. The van der Waals surface area contributed by atoms with Gasteiger partial charge in [-0.1, -0.05) is 12.1 Å². The molecule has 0 bridgehead atoms. The average Bonchev–Trinajstić information content (AvgIpc) is 2.99. The lowest BCUT2D eigenvalue weighted by molar-refractivity contribution is 0.0696. The zero-order chi connectivity index (χ0) is 15.1. The van der Waals surface area contributed by atoms with Crippen LogP contribution in [0.3, 0.4) is 0 Å². The highest BCUT2D eigenvalue weighted by molar-refractivity contribution is 7.09. The number of hydrogen-bond donors (Lipinski definition) is 1. The van der Waals surface area contributed by atoms with Gasteiger partial charge in [0.1, 0.15) is 12.4 Å². The first-order valence-electron chi connectivity index (χ1n) is 6.82. The lowest BCUT2D eigenvalue weighted by Crippen LogP contribution is -2.26. The molecular weight excluding hydrogens is 286 g/mol. The summed E-state index contributed by atoms with van der Waals surface area (Å²) in [7, 11) is 2.06. The predicted molar refractivity (Wildman–Crippen MR) is 84.4 cm³/mol. The van der Waals surface area contributed by atoms with Crippen LogP contribution >= 0.6 is 11.3 Å². The zero-order valence-electron chi connectivity index (χ0n) is 12.0. The minimum Gasteiger partial charge on any atom is -0.492 e. The van der Waals surface area contributed by atoms with Crippen molar-refractivity contribution in [3.05, 3.63) is 52.2 Å². The van der Waals surface area contributed by atoms with Crippen molar-refractivity contribution >= 4 is 17.3 Å². The van der Waals surface area contributed by atoms with Crippen LogP contribution in [0.15, 0.2) is 41.8 Å². The van der Waals surface area contributed by atoms with Gasteiger partial charge in [0.05, 0.1) is 5.56 Å². The summed E-state index contributed by atoms with van der Waals surface area (Å²) in [4.78, 5) is 14.5. The largest absolute Gasteiger partial charge is 0.492 e. The van der Waals surface area contributed by atoms with Crippen molar-refractivity contribution in [1.29, 1.82) is 0 Å². The third kappa shape index (κ3) is 5.21. The fraction of sp³-hybridized carbons (Fsp3) is 0.312. The topological polar surface area (TPSA) is 49.8 Å². The monoisotopic (exact) mass is 305 g/mol. The van der Waals surface area contributed by atoms with Crippen LogP contribution < -0.4 is 4.74 Å². The smallest absolute Gasteiger partial charge is 0.335 e. The fourth-order valence-corrected chi connectivity index (χ4v) is 2.60. The maximum atomic E-state index is 10.9. The number of hydrogen-bond acceptors (Lipinski definition) is 4. The van der Waals surface area contributed by atoms with Crippen LogP contribution in [0, 0.1) is 0 Å². The molecule has 0 aliphatic rings. The van der Waals surface area contributed by atoms with Crippen LogP contribution in [0.2, 0.25) is 0 Å². The molecule has 5 heteroatoms. The summed E-state index contributed by atoms with van der Waals surface area (Å²) in [5, 5.41) is 11.0. The lowest BCUT2D eigenvalue weighted by Gasteiger charge is -2.16. The minimum absolute atomic E-state index is 0.249. The van der Waals surface area contributed by atoms with Gasteiger partial charge < -0.3 is 14.7 Å². The molecule has 1 aromatic carbocycles. The molecule has 0 aliphatic carbocycles. The van der Waals surface area contributed by atoms with Crippen molar-refractivity contribution < 1.29 is 14.6 Å². The number of thiophene rings is 1. The van der Waals surface area contributed by atoms with Gasteiger partial charge in [0.15, 0.2) is 0 Å². The van der Waals surface area contributed by atoms with Crippen molar-refractivity contribution in [2.75, 3.05) is 26.7 Å². The lowest BCUT2D eigenvalue weighted by atomic mass is 10.2. The molecular formula is C16H19NO3S. The van der Waals surface area contributed by atoms with Crippen molar-refractivity contribution in [2.24, 2.45) is 0 Å². The standard InChI is InChI=1S/C16H19NO3S/c1-17(8-7-15-6-3-11-21-15)9-10-20-14-5-2-4-13(12-14)16(18)19/h2-6,11-12H,7-10H2,1H3,(H,18,19). The Labute approximate surface area is 128 Å². The second-order valence-electron chi connectivity index (χ2n) is 4.81. The summed E-state index contributed by atoms with van der Waals surface area (Å²) < 4.78 is 5.60. The van der Waals surface area contributed by atoms with Gasteiger partial charge in [0.2, 0.25) is 0 Å². The molecule has 0 fully saturated rings. The Morgan fingerprint density at radius 2 is 2.14 bits per heavy atom. The van der Waals surface area contributed by atoms with Gasteiger partial charge in [0.25, 0.3) is 0 Å². The Morgan fingerprint density at radius 1 is 1.29 bits per heavy atom. The van der Waals surface area contributed by atoms with Gasteiger partial charge in [-0.2, -0.15) is 0 Å². The number of nitrogens with zero attached hydrogens (tertiary/aromatic N) is 1. The van der Waals surface area contributed by atoms with Gasteiger partial charge in [0, 0.05) is 18.0 Å². The summed E-state index contributed by atoms with van der Waals surface area (Å²) in [6.45, 7) is 2.34. The van der Waals surface area contributed by atoms with E-state index in [0.717, 1.165) is 19.5 Å². The maximum absolute atomic E-state index is 10.9. The van der Waals surface area contributed by atoms with Crippen LogP contribution in [0.25, 0.3) is 0 Å². The summed E-state index contributed by atoms with van der Waals surface area (Å²) in [6, 6.07) is 10.8. The normalized spacial score (nSPS) is 10.8. The number of carboxylic acids is 1. The molecule has 0 amide bonds. The number of carbonyl (C=O) groups is 1. The van der Waals surface area contributed by atoms with Crippen LogP contribution in [-0.2, 0) is 6.42 Å². The highest BCUT2D eigenvalue weighted by Gasteiger charge is 2.04. The number of carboxylic acid groups (broad SMARTS) is 1. The van der Waals surface area contributed by atoms with Gasteiger partial charge in [-0.25, -0.2) is 4.79 Å². The predicted octanol–water partition coefficient (Wildman–Crippen LogP) is 3.00. The molecule has 0 radical (unpaired) electrons. The third-order valence-corrected chi connectivity index (χ3v) is 4.08. The molecule has 1 aromatic heterocycles. The summed E-state index contributed by atoms with van der Waals surface area (Å²) in [6.07, 6.45) is 1.04. The number of ether oxygens (including phenoxy) is 1. The Kier molecular flexibility index (Phi) is 5.78. The van der Waals surface area contributed by atoms with Gasteiger partial charge in [-0.3, -0.25) is 0 Å². The van der Waals surface area contributed by atoms with Gasteiger partial charge in [-0.15, -0.1) is 11.3 Å². The maximum Gasteiger partial charge on any atom is 0.335 e. The average molecular weight is 305 g/mol. The Balaban J connectivity index is 1.71. The van der Waals surface area contributed by atoms with E-state index in [1.807, 2.05) is 0 Å². The Hall–Kier alpha value is -1.85. The van der Waals surface area contributed by atoms with Crippen LogP contribution in [-0.4, -0.2) is 42.7 Å². The van der Waals surface area contributed by atoms with E-state index in [-0.39, 0.29) is 5.56 Å². The van der Waals surface area contributed by atoms with E-state index >= 15 is 0 Å². The summed E-state index contributed by atoms with van der Waals surface area (Å²) >= 11 is 1.78. The second-order valence-corrected chi connectivity index (χ2v) is 5.85. The van der Waals surface area contributed by atoms with Crippen LogP contribution in [0.4, 0.5) is 0 Å². The quantitative estimate of drug-likeness (QED) is 0.814. The van der Waals surface area contributed by atoms with E-state index in [2.05, 4.69) is 29.5 Å². The SMILES string of the molecule is CN(CCOc1cccc(C(=O)O)c1)CCc1cccs1. The molecule has 0 spiro atoms. The highest BCUT2D eigenvalue weighted by atomic mass is 32.1. The first kappa shape index (κ1) is 15.5. The molecule has 0 aliphatic heterocycles. The van der Waals surface area contributed by atoms with Gasteiger partial charge >= 0.3 is 5.97 Å². The van der Waals surface area contributed by atoms with Crippen molar-refractivity contribution in [2.45, 2.75) is 6.42 Å². The van der Waals surface area contributed by atoms with E-state index < -0.39 is 5.97 Å². The zero-order valence-corrected chi connectivity index (χ0v) is 12.8. The molecule has 21 heavy (non-hydrogen) atoms. The van der Waals surface area contributed by atoms with Crippen LogP contribution in [0.1, 0.15) is 15.2 Å². The van der Waals surface area contributed by atoms with E-state index in [4.69, 9.17) is 9.84 Å². The molecule has 1 N–H and O–H groups in total. The molecule has 0 unspecified atom stereocenters. The second kappa shape index (κ2) is 7.81. The first-order chi connectivity index (χ1) is 10.1. The molecule has 112 valence electrons. The molecule has 0 saturated heterocycles.